The summed E-state index contributed by atoms with van der Waals surface area (Å²) >= 11 is 0. The normalized spacial score (nSPS) is 14.1. The molecular formula is C15H21N. The molecule has 0 aliphatic heterocycles. The third kappa shape index (κ3) is 3.38. The van der Waals surface area contributed by atoms with E-state index < -0.39 is 0 Å². The number of nitriles is 1. The first-order valence-electron chi connectivity index (χ1n) is 6.19. The molecule has 0 aliphatic rings. The minimum absolute atomic E-state index is 0.195. The van der Waals surface area contributed by atoms with Crippen LogP contribution < -0.4 is 0 Å². The van der Waals surface area contributed by atoms with E-state index in [1.807, 2.05) is 0 Å². The lowest BCUT2D eigenvalue weighted by atomic mass is 9.89. The quantitative estimate of drug-likeness (QED) is 0.718. The van der Waals surface area contributed by atoms with Crippen molar-refractivity contribution in [1.82, 2.24) is 0 Å². The molecule has 1 rings (SSSR count). The van der Waals surface area contributed by atoms with Gasteiger partial charge in [0.25, 0.3) is 0 Å². The van der Waals surface area contributed by atoms with Crippen LogP contribution in [0.5, 0.6) is 0 Å². The van der Waals surface area contributed by atoms with Crippen molar-refractivity contribution in [1.29, 1.82) is 5.26 Å². The molecule has 86 valence electrons. The Morgan fingerprint density at radius 1 is 1.19 bits per heavy atom. The van der Waals surface area contributed by atoms with E-state index in [9.17, 15) is 0 Å². The van der Waals surface area contributed by atoms with Crippen LogP contribution in [0.4, 0.5) is 0 Å². The van der Waals surface area contributed by atoms with Crippen molar-refractivity contribution in [3.63, 3.8) is 0 Å². The van der Waals surface area contributed by atoms with E-state index in [2.05, 4.69) is 51.1 Å². The Labute approximate surface area is 99.1 Å². The molecule has 2 unspecified atom stereocenters. The number of aryl methyl sites for hydroxylation is 1. The van der Waals surface area contributed by atoms with Gasteiger partial charge in [0.05, 0.1) is 6.07 Å². The summed E-state index contributed by atoms with van der Waals surface area (Å²) in [5.41, 5.74) is 2.73. The van der Waals surface area contributed by atoms with Crippen LogP contribution in [0, 0.1) is 17.2 Å². The molecule has 2 atom stereocenters. The van der Waals surface area contributed by atoms with Crippen LogP contribution in [0.25, 0.3) is 0 Å². The van der Waals surface area contributed by atoms with Crippen LogP contribution in [0.3, 0.4) is 0 Å². The number of hydrogen-bond donors (Lipinski definition) is 0. The molecule has 0 radical (unpaired) electrons. The zero-order chi connectivity index (χ0) is 12.0. The van der Waals surface area contributed by atoms with E-state index in [-0.39, 0.29) is 5.92 Å². The maximum atomic E-state index is 8.95. The predicted molar refractivity (Wildman–Crippen MR) is 68.2 cm³/mol. The van der Waals surface area contributed by atoms with Crippen molar-refractivity contribution in [2.45, 2.75) is 46.0 Å². The van der Waals surface area contributed by atoms with Crippen molar-refractivity contribution >= 4 is 0 Å². The fraction of sp³-hybridized carbons (Fsp3) is 0.533. The molecule has 0 spiro atoms. The van der Waals surface area contributed by atoms with Gasteiger partial charge in [-0.25, -0.2) is 0 Å². The Morgan fingerprint density at radius 2 is 1.81 bits per heavy atom. The molecular weight excluding hydrogens is 194 g/mol. The first-order chi connectivity index (χ1) is 7.71. The van der Waals surface area contributed by atoms with Crippen LogP contribution in [-0.2, 0) is 6.42 Å². The van der Waals surface area contributed by atoms with E-state index in [1.165, 1.54) is 11.1 Å². The Bertz CT molecular complexity index is 345. The van der Waals surface area contributed by atoms with E-state index >= 15 is 0 Å². The highest BCUT2D eigenvalue weighted by Crippen LogP contribution is 2.24. The van der Waals surface area contributed by atoms with Crippen molar-refractivity contribution in [3.8, 4) is 6.07 Å². The summed E-state index contributed by atoms with van der Waals surface area (Å²) in [6.45, 7) is 6.46. The maximum absolute atomic E-state index is 8.95. The Morgan fingerprint density at radius 3 is 2.25 bits per heavy atom. The second-order valence-corrected chi connectivity index (χ2v) is 4.47. The molecule has 16 heavy (non-hydrogen) atoms. The van der Waals surface area contributed by atoms with Crippen molar-refractivity contribution < 1.29 is 0 Å². The van der Waals surface area contributed by atoms with E-state index in [0.29, 0.717) is 5.92 Å². The van der Waals surface area contributed by atoms with E-state index in [4.69, 9.17) is 5.26 Å². The summed E-state index contributed by atoms with van der Waals surface area (Å²) in [7, 11) is 0. The molecule has 0 aromatic heterocycles. The highest BCUT2D eigenvalue weighted by atomic mass is 14.3. The first kappa shape index (κ1) is 12.8. The summed E-state index contributed by atoms with van der Waals surface area (Å²) in [6.07, 6.45) is 3.01. The van der Waals surface area contributed by atoms with Gasteiger partial charge in [0, 0.05) is 5.92 Å². The van der Waals surface area contributed by atoms with E-state index in [1.54, 1.807) is 0 Å². The molecule has 1 nitrogen and oxygen atoms in total. The summed E-state index contributed by atoms with van der Waals surface area (Å²) < 4.78 is 0. The average molecular weight is 215 g/mol. The summed E-state index contributed by atoms with van der Waals surface area (Å²) in [4.78, 5) is 0. The molecule has 1 heteroatoms. The molecule has 0 amide bonds. The summed E-state index contributed by atoms with van der Waals surface area (Å²) in [5.74, 6) is 0.677. The van der Waals surface area contributed by atoms with Crippen LogP contribution in [0.2, 0.25) is 0 Å². The molecule has 1 aromatic rings. The molecule has 0 heterocycles. The zero-order valence-electron chi connectivity index (χ0n) is 10.5. The lowest BCUT2D eigenvalue weighted by Gasteiger charge is -2.15. The molecule has 0 saturated carbocycles. The summed E-state index contributed by atoms with van der Waals surface area (Å²) in [6, 6.07) is 11.2. The van der Waals surface area contributed by atoms with Gasteiger partial charge in [-0.3, -0.25) is 0 Å². The number of benzene rings is 1. The molecule has 1 aromatic carbocycles. The van der Waals surface area contributed by atoms with Crippen LogP contribution in [-0.4, -0.2) is 0 Å². The fourth-order valence-electron chi connectivity index (χ4n) is 1.96. The van der Waals surface area contributed by atoms with Crippen LogP contribution in [0.15, 0.2) is 24.3 Å². The second-order valence-electron chi connectivity index (χ2n) is 4.47. The zero-order valence-corrected chi connectivity index (χ0v) is 10.5. The molecule has 0 saturated heterocycles. The lowest BCUT2D eigenvalue weighted by molar-refractivity contribution is 0.526. The third-order valence-electron chi connectivity index (χ3n) is 3.27. The highest BCUT2D eigenvalue weighted by molar-refractivity contribution is 5.25. The molecule has 0 N–H and O–H groups in total. The minimum atomic E-state index is 0.195. The number of nitrogens with zero attached hydrogens (tertiary/aromatic N) is 1. The minimum Gasteiger partial charge on any atom is -0.198 e. The molecule has 0 fully saturated rings. The Hall–Kier alpha value is -1.29. The average Bonchev–Trinajstić information content (AvgIpc) is 2.35. The standard InChI is InChI=1S/C15H21N/c1-4-13-6-8-15(9-7-13)12(3)10-14(5-2)11-16/h6-9,12,14H,4-5,10H2,1-3H3. The lowest BCUT2D eigenvalue weighted by Crippen LogP contribution is -2.02. The second kappa shape index (κ2) is 6.33. The van der Waals surface area contributed by atoms with Crippen molar-refractivity contribution in [3.05, 3.63) is 35.4 Å². The summed E-state index contributed by atoms with van der Waals surface area (Å²) in [5, 5.41) is 8.95. The largest absolute Gasteiger partial charge is 0.198 e. The Balaban J connectivity index is 2.65. The van der Waals surface area contributed by atoms with Crippen LogP contribution >= 0.6 is 0 Å². The number of hydrogen-bond acceptors (Lipinski definition) is 1. The third-order valence-corrected chi connectivity index (χ3v) is 3.27. The SMILES string of the molecule is CCc1ccc(C(C)CC(C#N)CC)cc1. The van der Waals surface area contributed by atoms with Gasteiger partial charge in [-0.2, -0.15) is 5.26 Å². The fourth-order valence-corrected chi connectivity index (χ4v) is 1.96. The van der Waals surface area contributed by atoms with Crippen molar-refractivity contribution in [2.75, 3.05) is 0 Å². The first-order valence-corrected chi connectivity index (χ1v) is 6.19. The predicted octanol–water partition coefficient (Wildman–Crippen LogP) is 4.29. The van der Waals surface area contributed by atoms with Gasteiger partial charge >= 0.3 is 0 Å². The van der Waals surface area contributed by atoms with Crippen molar-refractivity contribution in [2.24, 2.45) is 5.92 Å². The topological polar surface area (TPSA) is 23.8 Å². The monoisotopic (exact) mass is 215 g/mol. The molecule has 0 bridgehead atoms. The van der Waals surface area contributed by atoms with Crippen LogP contribution in [0.1, 0.15) is 50.7 Å². The smallest absolute Gasteiger partial charge is 0.0655 e. The molecule has 0 aliphatic carbocycles. The van der Waals surface area contributed by atoms with Gasteiger partial charge in [-0.1, -0.05) is 45.0 Å². The van der Waals surface area contributed by atoms with Gasteiger partial charge in [-0.05, 0) is 36.3 Å². The highest BCUT2D eigenvalue weighted by Gasteiger charge is 2.12. The van der Waals surface area contributed by atoms with Gasteiger partial charge in [-0.15, -0.1) is 0 Å². The maximum Gasteiger partial charge on any atom is 0.0655 e. The van der Waals surface area contributed by atoms with E-state index in [0.717, 1.165) is 19.3 Å². The van der Waals surface area contributed by atoms with Gasteiger partial charge < -0.3 is 0 Å². The van der Waals surface area contributed by atoms with Gasteiger partial charge in [0.1, 0.15) is 0 Å². The Kier molecular flexibility index (Phi) is 5.05. The van der Waals surface area contributed by atoms with Gasteiger partial charge in [0.15, 0.2) is 0 Å². The van der Waals surface area contributed by atoms with Gasteiger partial charge in [0.2, 0.25) is 0 Å². The number of rotatable bonds is 5.